The number of nitrogens with zero attached hydrogens (tertiary/aromatic N) is 2. The third-order valence-electron chi connectivity index (χ3n) is 4.19. The van der Waals surface area contributed by atoms with E-state index in [1.54, 1.807) is 28.8 Å². The average Bonchev–Trinajstić information content (AvgIpc) is 3.05. The van der Waals surface area contributed by atoms with E-state index in [4.69, 9.17) is 0 Å². The van der Waals surface area contributed by atoms with Gasteiger partial charge in [0.25, 0.3) is 0 Å². The van der Waals surface area contributed by atoms with E-state index in [1.165, 1.54) is 6.07 Å². The van der Waals surface area contributed by atoms with Crippen LogP contribution in [0.5, 0.6) is 5.75 Å². The van der Waals surface area contributed by atoms with E-state index >= 15 is 0 Å². The second kappa shape index (κ2) is 5.81. The maximum atomic E-state index is 14.5. The van der Waals surface area contributed by atoms with Gasteiger partial charge in [0.1, 0.15) is 11.6 Å². The number of ether oxygens (including phenoxy) is 1. The van der Waals surface area contributed by atoms with Crippen LogP contribution in [0.3, 0.4) is 0 Å². The highest BCUT2D eigenvalue weighted by Gasteiger charge is 2.36. The number of halogens is 4. The van der Waals surface area contributed by atoms with Crippen molar-refractivity contribution in [3.8, 4) is 5.75 Å². The molecule has 0 radical (unpaired) electrons. The minimum absolute atomic E-state index is 0.0643. The molecule has 0 N–H and O–H groups in total. The first-order valence-electron chi connectivity index (χ1n) is 7.40. The highest BCUT2D eigenvalue weighted by Crippen LogP contribution is 2.45. The van der Waals surface area contributed by atoms with Crippen molar-refractivity contribution in [1.82, 2.24) is 9.55 Å². The fraction of sp³-hybridized carbons (Fsp3) is 0.235. The first-order valence-corrected chi connectivity index (χ1v) is 8.19. The summed E-state index contributed by atoms with van der Waals surface area (Å²) in [6.07, 6.45) is -1.10. The molecule has 24 heavy (non-hydrogen) atoms. The van der Waals surface area contributed by atoms with Gasteiger partial charge in [-0.05, 0) is 24.3 Å². The largest absolute Gasteiger partial charge is 0.434 e. The molecular formula is C17H12BrF3N2O. The topological polar surface area (TPSA) is 27.1 Å². The van der Waals surface area contributed by atoms with Gasteiger partial charge in [-0.3, -0.25) is 0 Å². The van der Waals surface area contributed by atoms with Gasteiger partial charge in [0.15, 0.2) is 6.17 Å². The smallest absolute Gasteiger partial charge is 0.387 e. The van der Waals surface area contributed by atoms with E-state index < -0.39 is 18.8 Å². The van der Waals surface area contributed by atoms with E-state index in [0.29, 0.717) is 16.9 Å². The van der Waals surface area contributed by atoms with Crippen LogP contribution in [0, 0.1) is 0 Å². The Morgan fingerprint density at radius 3 is 2.79 bits per heavy atom. The Balaban J connectivity index is 1.89. The first-order chi connectivity index (χ1) is 11.5. The number of imidazole rings is 1. The Kier molecular flexibility index (Phi) is 3.75. The van der Waals surface area contributed by atoms with Gasteiger partial charge in [-0.25, -0.2) is 9.37 Å². The van der Waals surface area contributed by atoms with Crippen LogP contribution < -0.4 is 4.74 Å². The maximum Gasteiger partial charge on any atom is 0.387 e. The molecule has 4 rings (SSSR count). The SMILES string of the molecule is FC(F)Oc1ccccc1[C@H]1C[C@H](F)c2nc3ccc(Br)cc3n21. The van der Waals surface area contributed by atoms with Gasteiger partial charge in [-0.1, -0.05) is 34.1 Å². The Labute approximate surface area is 144 Å². The van der Waals surface area contributed by atoms with Crippen molar-refractivity contribution < 1.29 is 17.9 Å². The fourth-order valence-corrected chi connectivity index (χ4v) is 3.61. The quantitative estimate of drug-likeness (QED) is 0.592. The summed E-state index contributed by atoms with van der Waals surface area (Å²) < 4.78 is 47.1. The minimum Gasteiger partial charge on any atom is -0.434 e. The summed E-state index contributed by atoms with van der Waals surface area (Å²) in [5, 5.41) is 0. The molecule has 0 saturated heterocycles. The molecule has 1 aromatic heterocycles. The molecule has 0 bridgehead atoms. The molecule has 0 spiro atoms. The van der Waals surface area contributed by atoms with Crippen molar-refractivity contribution in [1.29, 1.82) is 0 Å². The molecule has 3 aromatic rings. The van der Waals surface area contributed by atoms with Crippen LogP contribution in [0.4, 0.5) is 13.2 Å². The number of hydrogen-bond acceptors (Lipinski definition) is 2. The van der Waals surface area contributed by atoms with Crippen LogP contribution in [-0.2, 0) is 0 Å². The maximum absolute atomic E-state index is 14.5. The monoisotopic (exact) mass is 396 g/mol. The molecule has 7 heteroatoms. The Bertz CT molecular complexity index is 912. The predicted octanol–water partition coefficient (Wildman–Crippen LogP) is 5.40. The van der Waals surface area contributed by atoms with Crippen molar-refractivity contribution in [2.24, 2.45) is 0 Å². The van der Waals surface area contributed by atoms with Gasteiger partial charge in [0.05, 0.1) is 17.1 Å². The summed E-state index contributed by atoms with van der Waals surface area (Å²) in [7, 11) is 0. The van der Waals surface area contributed by atoms with Crippen molar-refractivity contribution in [3.05, 3.63) is 58.3 Å². The van der Waals surface area contributed by atoms with Gasteiger partial charge in [0.2, 0.25) is 0 Å². The molecule has 0 unspecified atom stereocenters. The van der Waals surface area contributed by atoms with Crippen LogP contribution in [0.2, 0.25) is 0 Å². The molecule has 1 aliphatic rings. The lowest BCUT2D eigenvalue weighted by molar-refractivity contribution is -0.0507. The van der Waals surface area contributed by atoms with E-state index in [2.05, 4.69) is 25.7 Å². The number of para-hydroxylation sites is 1. The first kappa shape index (κ1) is 15.5. The number of fused-ring (bicyclic) bond motifs is 3. The molecule has 0 fully saturated rings. The van der Waals surface area contributed by atoms with E-state index in [-0.39, 0.29) is 12.2 Å². The molecule has 124 valence electrons. The zero-order valence-corrected chi connectivity index (χ0v) is 13.9. The van der Waals surface area contributed by atoms with Crippen molar-refractivity contribution in [3.63, 3.8) is 0 Å². The van der Waals surface area contributed by atoms with Gasteiger partial charge in [-0.2, -0.15) is 8.78 Å². The van der Waals surface area contributed by atoms with Crippen molar-refractivity contribution in [2.75, 3.05) is 0 Å². The molecule has 1 aliphatic heterocycles. The van der Waals surface area contributed by atoms with Gasteiger partial charge in [-0.15, -0.1) is 0 Å². The van der Waals surface area contributed by atoms with Gasteiger partial charge < -0.3 is 9.30 Å². The standard InChI is InChI=1S/C17H12BrF3N2O/c18-9-5-6-12-14(7-9)23-13(8-11(19)16(23)22-12)10-3-1-2-4-15(10)24-17(20)21/h1-7,11,13,17H,8H2/t11-,13+/m0/s1. The number of benzene rings is 2. The Hall–Kier alpha value is -2.02. The van der Waals surface area contributed by atoms with Crippen LogP contribution in [0.15, 0.2) is 46.9 Å². The lowest BCUT2D eigenvalue weighted by Crippen LogP contribution is -2.10. The second-order valence-corrected chi connectivity index (χ2v) is 6.52. The molecule has 2 heterocycles. The third-order valence-corrected chi connectivity index (χ3v) is 4.69. The summed E-state index contributed by atoms with van der Waals surface area (Å²) in [6.45, 7) is -2.93. The highest BCUT2D eigenvalue weighted by molar-refractivity contribution is 9.10. The van der Waals surface area contributed by atoms with Crippen molar-refractivity contribution in [2.45, 2.75) is 25.2 Å². The van der Waals surface area contributed by atoms with Crippen LogP contribution in [0.25, 0.3) is 11.0 Å². The molecule has 0 saturated carbocycles. The van der Waals surface area contributed by atoms with Gasteiger partial charge in [0, 0.05) is 16.5 Å². The fourth-order valence-electron chi connectivity index (χ4n) is 3.27. The molecule has 3 nitrogen and oxygen atoms in total. The molecule has 0 amide bonds. The molecule has 0 aliphatic carbocycles. The van der Waals surface area contributed by atoms with Crippen LogP contribution in [-0.4, -0.2) is 16.2 Å². The zero-order valence-electron chi connectivity index (χ0n) is 12.3. The summed E-state index contributed by atoms with van der Waals surface area (Å²) in [6, 6.07) is 11.6. The highest BCUT2D eigenvalue weighted by atomic mass is 79.9. The molecular weight excluding hydrogens is 385 g/mol. The summed E-state index contributed by atoms with van der Waals surface area (Å²) >= 11 is 3.41. The van der Waals surface area contributed by atoms with E-state index in [0.717, 1.165) is 9.99 Å². The van der Waals surface area contributed by atoms with Crippen LogP contribution in [0.1, 0.15) is 30.0 Å². The average molecular weight is 397 g/mol. The number of alkyl halides is 3. The number of aromatic nitrogens is 2. The summed E-state index contributed by atoms with van der Waals surface area (Å²) in [5.74, 6) is 0.384. The zero-order chi connectivity index (χ0) is 16.8. The third kappa shape index (κ3) is 2.47. The Morgan fingerprint density at radius 2 is 2.00 bits per heavy atom. The van der Waals surface area contributed by atoms with E-state index in [1.807, 2.05) is 12.1 Å². The number of rotatable bonds is 3. The predicted molar refractivity (Wildman–Crippen MR) is 87.1 cm³/mol. The minimum atomic E-state index is -2.93. The normalized spacial score (nSPS) is 19.9. The summed E-state index contributed by atoms with van der Waals surface area (Å²) in [5.41, 5.74) is 1.96. The van der Waals surface area contributed by atoms with Gasteiger partial charge >= 0.3 is 6.61 Å². The molecule has 2 atom stereocenters. The number of hydrogen-bond donors (Lipinski definition) is 0. The summed E-state index contributed by atoms with van der Waals surface area (Å²) in [4.78, 5) is 4.36. The lowest BCUT2D eigenvalue weighted by Gasteiger charge is -2.18. The second-order valence-electron chi connectivity index (χ2n) is 5.61. The van der Waals surface area contributed by atoms with Crippen LogP contribution >= 0.6 is 15.9 Å². The molecule has 2 aromatic carbocycles. The Morgan fingerprint density at radius 1 is 1.21 bits per heavy atom. The van der Waals surface area contributed by atoms with Crippen molar-refractivity contribution >= 4 is 27.0 Å². The lowest BCUT2D eigenvalue weighted by atomic mass is 10.0. The van der Waals surface area contributed by atoms with E-state index in [9.17, 15) is 13.2 Å².